The maximum atomic E-state index is 13.6. The Labute approximate surface area is 161 Å². The van der Waals surface area contributed by atoms with Crippen molar-refractivity contribution in [3.05, 3.63) is 59.9 Å². The minimum atomic E-state index is -4.82. The summed E-state index contributed by atoms with van der Waals surface area (Å²) in [5.74, 6) is 0.417. The number of nitrogens with one attached hydrogen (secondary N) is 1. The molecule has 3 nitrogen and oxygen atoms in total. The van der Waals surface area contributed by atoms with Crippen LogP contribution in [0.4, 0.5) is 17.6 Å². The zero-order valence-corrected chi connectivity index (χ0v) is 15.3. The molecule has 0 spiro atoms. The summed E-state index contributed by atoms with van der Waals surface area (Å²) < 4.78 is 59.2. The van der Waals surface area contributed by atoms with E-state index in [-0.39, 0.29) is 18.0 Å². The van der Waals surface area contributed by atoms with Crippen molar-refractivity contribution in [2.45, 2.75) is 44.0 Å². The quantitative estimate of drug-likeness (QED) is 0.499. The average molecular weight is 397 g/mol. The summed E-state index contributed by atoms with van der Waals surface area (Å²) in [6.07, 6.45) is -1.67. The lowest BCUT2D eigenvalue weighted by molar-refractivity contribution is -0.273. The van der Waals surface area contributed by atoms with Crippen LogP contribution in [0.1, 0.15) is 31.2 Å². The number of rotatable bonds is 7. The third-order valence-electron chi connectivity index (χ3n) is 5.03. The highest BCUT2D eigenvalue weighted by atomic mass is 19.4. The van der Waals surface area contributed by atoms with Gasteiger partial charge >= 0.3 is 6.18 Å². The highest BCUT2D eigenvalue weighted by Gasteiger charge is 2.53. The Hall–Kier alpha value is -2.12. The van der Waals surface area contributed by atoms with Gasteiger partial charge in [-0.05, 0) is 60.7 Å². The van der Waals surface area contributed by atoms with Crippen LogP contribution in [0.5, 0.6) is 11.5 Å². The van der Waals surface area contributed by atoms with Crippen molar-refractivity contribution in [3.63, 3.8) is 0 Å². The summed E-state index contributed by atoms with van der Waals surface area (Å²) >= 11 is 0. The molecule has 1 aliphatic rings. The maximum Gasteiger partial charge on any atom is 0.431 e. The first-order valence-corrected chi connectivity index (χ1v) is 9.32. The molecule has 2 aromatic carbocycles. The molecule has 0 saturated heterocycles. The number of ether oxygens (including phenoxy) is 1. The number of benzene rings is 2. The number of hydrogen-bond acceptors (Lipinski definition) is 3. The van der Waals surface area contributed by atoms with Gasteiger partial charge in [-0.25, -0.2) is 4.39 Å². The fraction of sp³-hybridized carbons (Fsp3) is 0.429. The lowest BCUT2D eigenvalue weighted by atomic mass is 10.00. The van der Waals surface area contributed by atoms with Gasteiger partial charge in [0.15, 0.2) is 0 Å². The van der Waals surface area contributed by atoms with Gasteiger partial charge in [-0.3, -0.25) is 5.32 Å². The molecule has 0 radical (unpaired) electrons. The van der Waals surface area contributed by atoms with Gasteiger partial charge in [0.05, 0.1) is 0 Å². The molecule has 2 aromatic rings. The first-order valence-electron chi connectivity index (χ1n) is 9.32. The van der Waals surface area contributed by atoms with E-state index in [1.807, 2.05) is 0 Å². The van der Waals surface area contributed by atoms with E-state index in [0.717, 1.165) is 25.7 Å². The summed E-state index contributed by atoms with van der Waals surface area (Å²) in [7, 11) is 0. The van der Waals surface area contributed by atoms with E-state index in [4.69, 9.17) is 4.74 Å². The van der Waals surface area contributed by atoms with Crippen LogP contribution in [0.15, 0.2) is 48.5 Å². The smallest absolute Gasteiger partial charge is 0.431 e. The highest BCUT2D eigenvalue weighted by Crippen LogP contribution is 2.34. The topological polar surface area (TPSA) is 41.5 Å². The predicted molar refractivity (Wildman–Crippen MR) is 97.6 cm³/mol. The minimum Gasteiger partial charge on any atom is -0.457 e. The molecule has 0 bridgehead atoms. The zero-order chi connectivity index (χ0) is 20.2. The Balaban J connectivity index is 1.71. The predicted octanol–water partition coefficient (Wildman–Crippen LogP) is 5.19. The van der Waals surface area contributed by atoms with Crippen molar-refractivity contribution in [1.82, 2.24) is 5.32 Å². The molecular weight excluding hydrogens is 374 g/mol. The lowest BCUT2D eigenvalue weighted by Gasteiger charge is -2.32. The van der Waals surface area contributed by atoms with Crippen molar-refractivity contribution < 1.29 is 27.4 Å². The molecule has 3 rings (SSSR count). The normalized spacial score (nSPS) is 17.5. The first-order chi connectivity index (χ1) is 13.2. The fourth-order valence-corrected chi connectivity index (χ4v) is 3.44. The van der Waals surface area contributed by atoms with Crippen molar-refractivity contribution in [2.24, 2.45) is 5.92 Å². The summed E-state index contributed by atoms with van der Waals surface area (Å²) in [4.78, 5) is 0. The fourth-order valence-electron chi connectivity index (χ4n) is 3.44. The summed E-state index contributed by atoms with van der Waals surface area (Å²) in [6.45, 7) is 0.127. The van der Waals surface area contributed by atoms with Gasteiger partial charge in [0, 0.05) is 13.0 Å². The molecule has 1 fully saturated rings. The van der Waals surface area contributed by atoms with Crippen molar-refractivity contribution in [3.8, 4) is 11.5 Å². The monoisotopic (exact) mass is 397 g/mol. The van der Waals surface area contributed by atoms with E-state index in [2.05, 4.69) is 5.32 Å². The second-order valence-electron chi connectivity index (χ2n) is 7.27. The molecule has 0 amide bonds. The van der Waals surface area contributed by atoms with Crippen LogP contribution in [0.25, 0.3) is 0 Å². The lowest BCUT2D eigenvalue weighted by Crippen LogP contribution is -2.59. The Morgan fingerprint density at radius 1 is 1.00 bits per heavy atom. The maximum absolute atomic E-state index is 13.6. The molecule has 2 N–H and O–H groups in total. The van der Waals surface area contributed by atoms with E-state index in [9.17, 15) is 22.7 Å². The van der Waals surface area contributed by atoms with Crippen LogP contribution in [0, 0.1) is 11.7 Å². The SMILES string of the molecule is OC(Cc1cccc(Oc2ccc(F)cc2)c1)(NCC1CCCC1)C(F)(F)F. The Morgan fingerprint density at radius 2 is 1.68 bits per heavy atom. The Morgan fingerprint density at radius 3 is 2.32 bits per heavy atom. The van der Waals surface area contributed by atoms with Crippen molar-refractivity contribution >= 4 is 0 Å². The molecule has 7 heteroatoms. The van der Waals surface area contributed by atoms with Gasteiger partial charge in [0.2, 0.25) is 5.72 Å². The molecule has 1 unspecified atom stereocenters. The number of hydrogen-bond donors (Lipinski definition) is 2. The van der Waals surface area contributed by atoms with E-state index in [1.165, 1.54) is 36.4 Å². The second kappa shape index (κ2) is 8.49. The van der Waals surface area contributed by atoms with E-state index in [0.29, 0.717) is 11.5 Å². The van der Waals surface area contributed by atoms with Crippen LogP contribution in [-0.4, -0.2) is 23.6 Å². The van der Waals surface area contributed by atoms with Crippen LogP contribution >= 0.6 is 0 Å². The van der Waals surface area contributed by atoms with E-state index < -0.39 is 24.1 Å². The van der Waals surface area contributed by atoms with Gasteiger partial charge in [-0.15, -0.1) is 0 Å². The van der Waals surface area contributed by atoms with Gasteiger partial charge in [0.1, 0.15) is 17.3 Å². The molecule has 1 atom stereocenters. The average Bonchev–Trinajstić information content (AvgIpc) is 3.15. The molecular formula is C21H23F4NO2. The second-order valence-corrected chi connectivity index (χ2v) is 7.27. The van der Waals surface area contributed by atoms with Gasteiger partial charge in [-0.2, -0.15) is 13.2 Å². The summed E-state index contributed by atoms with van der Waals surface area (Å²) in [5.41, 5.74) is -2.73. The molecule has 0 heterocycles. The van der Waals surface area contributed by atoms with E-state index >= 15 is 0 Å². The van der Waals surface area contributed by atoms with E-state index in [1.54, 1.807) is 12.1 Å². The first kappa shape index (κ1) is 20.6. The third kappa shape index (κ3) is 5.23. The van der Waals surface area contributed by atoms with Gasteiger partial charge < -0.3 is 9.84 Å². The minimum absolute atomic E-state index is 0.127. The standard InChI is InChI=1S/C21H23F4NO2/c22-17-8-10-18(11-9-17)28-19-7-3-6-16(12-19)13-20(27,21(23,24)25)26-14-15-4-1-2-5-15/h3,6-12,15,26-27H,1-2,4-5,13-14H2. The zero-order valence-electron chi connectivity index (χ0n) is 15.3. The molecule has 28 heavy (non-hydrogen) atoms. The van der Waals surface area contributed by atoms with Crippen molar-refractivity contribution in [2.75, 3.05) is 6.54 Å². The van der Waals surface area contributed by atoms with Crippen LogP contribution in [0.3, 0.4) is 0 Å². The molecule has 0 aromatic heterocycles. The van der Waals surface area contributed by atoms with Gasteiger partial charge in [-0.1, -0.05) is 25.0 Å². The Bertz CT molecular complexity index is 773. The highest BCUT2D eigenvalue weighted by molar-refractivity contribution is 5.34. The Kier molecular flexibility index (Phi) is 6.25. The molecule has 1 saturated carbocycles. The van der Waals surface area contributed by atoms with Crippen LogP contribution < -0.4 is 10.1 Å². The number of halogens is 4. The summed E-state index contributed by atoms with van der Waals surface area (Å²) in [6, 6.07) is 11.4. The van der Waals surface area contributed by atoms with Crippen molar-refractivity contribution in [1.29, 1.82) is 0 Å². The van der Waals surface area contributed by atoms with Crippen LogP contribution in [0.2, 0.25) is 0 Å². The largest absolute Gasteiger partial charge is 0.457 e. The number of alkyl halides is 3. The third-order valence-corrected chi connectivity index (χ3v) is 5.03. The van der Waals surface area contributed by atoms with Crippen LogP contribution in [-0.2, 0) is 6.42 Å². The molecule has 152 valence electrons. The molecule has 1 aliphatic carbocycles. The summed E-state index contributed by atoms with van der Waals surface area (Å²) in [5, 5.41) is 12.7. The van der Waals surface area contributed by atoms with Gasteiger partial charge in [0.25, 0.3) is 0 Å². The molecule has 0 aliphatic heterocycles. The number of aliphatic hydroxyl groups is 1.